The minimum absolute atomic E-state index is 0.00898. The van der Waals surface area contributed by atoms with Crippen LogP contribution >= 0.6 is 11.6 Å². The summed E-state index contributed by atoms with van der Waals surface area (Å²) in [7, 11) is 0. The van der Waals surface area contributed by atoms with Crippen molar-refractivity contribution in [1.82, 2.24) is 4.98 Å². The van der Waals surface area contributed by atoms with Crippen LogP contribution in [0.1, 0.15) is 12.0 Å². The first kappa shape index (κ1) is 8.99. The van der Waals surface area contributed by atoms with Gasteiger partial charge in [0.05, 0.1) is 11.3 Å². The molecule has 0 radical (unpaired) electrons. The lowest BCUT2D eigenvalue weighted by Gasteiger charge is -2.05. The zero-order valence-electron chi connectivity index (χ0n) is 5.89. The predicted octanol–water partition coefficient (Wildman–Crippen LogP) is 1.84. The molecule has 1 aromatic heterocycles. The van der Waals surface area contributed by atoms with E-state index in [-0.39, 0.29) is 16.7 Å². The normalized spacial score (nSPS) is 10.7. The van der Waals surface area contributed by atoms with E-state index in [9.17, 15) is 8.78 Å². The van der Waals surface area contributed by atoms with Crippen LogP contribution in [0.15, 0.2) is 6.07 Å². The average Bonchev–Trinajstić information content (AvgIpc) is 1.96. The summed E-state index contributed by atoms with van der Waals surface area (Å²) >= 11 is 5.37. The Morgan fingerprint density at radius 2 is 2.00 bits per heavy atom. The molecule has 0 bridgehead atoms. The molecule has 1 aromatic rings. The maximum Gasteiger partial charge on any atom is 0.266 e. The van der Waals surface area contributed by atoms with E-state index in [1.165, 1.54) is 0 Å². The number of nitrogens with zero attached hydrogens (tertiary/aromatic N) is 1. The Hall–Kier alpha value is -1.10. The summed E-state index contributed by atoms with van der Waals surface area (Å²) in [5.74, 6) is -0.0376. The molecule has 0 saturated heterocycles. The zero-order valence-corrected chi connectivity index (χ0v) is 6.65. The van der Waals surface area contributed by atoms with E-state index >= 15 is 0 Å². The molecule has 0 fully saturated rings. The van der Waals surface area contributed by atoms with Gasteiger partial charge < -0.3 is 11.5 Å². The highest BCUT2D eigenvalue weighted by Gasteiger charge is 2.14. The SMILES string of the molecule is Nc1cc(C(F)F)c(Cl)nc1N. The zero-order chi connectivity index (χ0) is 9.30. The van der Waals surface area contributed by atoms with Crippen molar-refractivity contribution in [2.24, 2.45) is 0 Å². The number of alkyl halides is 2. The molecule has 1 rings (SSSR count). The van der Waals surface area contributed by atoms with Gasteiger partial charge in [0.2, 0.25) is 0 Å². The van der Waals surface area contributed by atoms with Crippen molar-refractivity contribution in [2.75, 3.05) is 11.5 Å². The van der Waals surface area contributed by atoms with Crippen LogP contribution in [0.5, 0.6) is 0 Å². The maximum atomic E-state index is 12.1. The molecule has 0 aliphatic rings. The van der Waals surface area contributed by atoms with Gasteiger partial charge in [0.1, 0.15) is 11.0 Å². The van der Waals surface area contributed by atoms with Crippen molar-refractivity contribution < 1.29 is 8.78 Å². The molecule has 0 spiro atoms. The summed E-state index contributed by atoms with van der Waals surface area (Å²) in [6, 6.07) is 1.02. The predicted molar refractivity (Wildman–Crippen MR) is 43.0 cm³/mol. The monoisotopic (exact) mass is 193 g/mol. The summed E-state index contributed by atoms with van der Waals surface area (Å²) in [5.41, 5.74) is 10.1. The summed E-state index contributed by atoms with van der Waals surface area (Å²) in [6.45, 7) is 0. The minimum Gasteiger partial charge on any atom is -0.396 e. The molecule has 12 heavy (non-hydrogen) atoms. The molecule has 6 heteroatoms. The lowest BCUT2D eigenvalue weighted by Crippen LogP contribution is -2.01. The average molecular weight is 194 g/mol. The maximum absolute atomic E-state index is 12.1. The smallest absolute Gasteiger partial charge is 0.266 e. The van der Waals surface area contributed by atoms with Crippen molar-refractivity contribution in [1.29, 1.82) is 0 Å². The van der Waals surface area contributed by atoms with Crippen LogP contribution in [-0.2, 0) is 0 Å². The molecule has 0 aliphatic carbocycles. The van der Waals surface area contributed by atoms with Crippen LogP contribution in [0.25, 0.3) is 0 Å². The number of halogens is 3. The van der Waals surface area contributed by atoms with Gasteiger partial charge in [-0.2, -0.15) is 0 Å². The molecule has 4 N–H and O–H groups in total. The van der Waals surface area contributed by atoms with E-state index in [0.29, 0.717) is 0 Å². The van der Waals surface area contributed by atoms with E-state index in [2.05, 4.69) is 4.98 Å². The van der Waals surface area contributed by atoms with Crippen molar-refractivity contribution in [3.63, 3.8) is 0 Å². The van der Waals surface area contributed by atoms with Crippen molar-refractivity contribution in [3.8, 4) is 0 Å². The highest BCUT2D eigenvalue weighted by atomic mass is 35.5. The Balaban J connectivity index is 3.23. The Labute approximate surface area is 72.3 Å². The highest BCUT2D eigenvalue weighted by molar-refractivity contribution is 6.30. The molecule has 3 nitrogen and oxygen atoms in total. The second-order valence-corrected chi connectivity index (χ2v) is 2.50. The van der Waals surface area contributed by atoms with Crippen molar-refractivity contribution >= 4 is 23.1 Å². The first-order valence-corrected chi connectivity index (χ1v) is 3.39. The van der Waals surface area contributed by atoms with Crippen LogP contribution < -0.4 is 11.5 Å². The molecule has 0 aliphatic heterocycles. The number of rotatable bonds is 1. The third kappa shape index (κ3) is 1.55. The molecular weight excluding hydrogens is 188 g/mol. The van der Waals surface area contributed by atoms with E-state index in [0.717, 1.165) is 6.07 Å². The Bertz CT molecular complexity index is 303. The number of anilines is 2. The van der Waals surface area contributed by atoms with Gasteiger partial charge in [-0.3, -0.25) is 0 Å². The van der Waals surface area contributed by atoms with Crippen molar-refractivity contribution in [3.05, 3.63) is 16.8 Å². The van der Waals surface area contributed by atoms with Gasteiger partial charge in [0.25, 0.3) is 6.43 Å². The number of nitrogens with two attached hydrogens (primary N) is 2. The molecule has 0 unspecified atom stereocenters. The van der Waals surface area contributed by atoms with Gasteiger partial charge in [-0.1, -0.05) is 11.6 Å². The summed E-state index contributed by atoms with van der Waals surface area (Å²) in [5, 5.41) is -0.309. The number of hydrogen-bond donors (Lipinski definition) is 2. The third-order valence-electron chi connectivity index (χ3n) is 1.30. The number of pyridine rings is 1. The fraction of sp³-hybridized carbons (Fsp3) is 0.167. The quantitative estimate of drug-likeness (QED) is 0.669. The van der Waals surface area contributed by atoms with E-state index in [1.54, 1.807) is 0 Å². The van der Waals surface area contributed by atoms with Crippen LogP contribution in [0.2, 0.25) is 5.15 Å². The first-order chi connectivity index (χ1) is 5.52. The second kappa shape index (κ2) is 3.10. The second-order valence-electron chi connectivity index (χ2n) is 2.14. The van der Waals surface area contributed by atoms with Gasteiger partial charge in [0.15, 0.2) is 0 Å². The molecule has 0 aromatic carbocycles. The van der Waals surface area contributed by atoms with Gasteiger partial charge >= 0.3 is 0 Å². The molecule has 0 amide bonds. The van der Waals surface area contributed by atoms with Crippen LogP contribution in [-0.4, -0.2) is 4.98 Å². The van der Waals surface area contributed by atoms with Crippen LogP contribution in [0.3, 0.4) is 0 Å². The van der Waals surface area contributed by atoms with Crippen molar-refractivity contribution in [2.45, 2.75) is 6.43 Å². The lowest BCUT2D eigenvalue weighted by atomic mass is 10.2. The Morgan fingerprint density at radius 3 is 2.50 bits per heavy atom. The van der Waals surface area contributed by atoms with Gasteiger partial charge in [0, 0.05) is 0 Å². The molecule has 0 atom stereocenters. The Morgan fingerprint density at radius 1 is 1.42 bits per heavy atom. The summed E-state index contributed by atoms with van der Waals surface area (Å²) in [4.78, 5) is 3.43. The fourth-order valence-corrected chi connectivity index (χ4v) is 0.917. The van der Waals surface area contributed by atoms with E-state index in [4.69, 9.17) is 23.1 Å². The largest absolute Gasteiger partial charge is 0.396 e. The van der Waals surface area contributed by atoms with Crippen LogP contribution in [0.4, 0.5) is 20.3 Å². The number of aromatic nitrogens is 1. The number of hydrogen-bond acceptors (Lipinski definition) is 3. The van der Waals surface area contributed by atoms with Crippen LogP contribution in [0, 0.1) is 0 Å². The standard InChI is InChI=1S/C6H6ClF2N3/c7-4-2(5(8)9)1-3(10)6(11)12-4/h1,5H,10H2,(H2,11,12). The van der Waals surface area contributed by atoms with E-state index in [1.807, 2.05) is 0 Å². The van der Waals surface area contributed by atoms with Gasteiger partial charge in [-0.15, -0.1) is 0 Å². The Kier molecular flexibility index (Phi) is 2.32. The highest BCUT2D eigenvalue weighted by Crippen LogP contribution is 2.29. The third-order valence-corrected chi connectivity index (χ3v) is 1.60. The lowest BCUT2D eigenvalue weighted by molar-refractivity contribution is 0.151. The molecular formula is C6H6ClF2N3. The molecule has 1 heterocycles. The van der Waals surface area contributed by atoms with E-state index < -0.39 is 12.0 Å². The number of nitrogen functional groups attached to an aromatic ring is 2. The fourth-order valence-electron chi connectivity index (χ4n) is 0.689. The molecule has 66 valence electrons. The molecule has 0 saturated carbocycles. The van der Waals surface area contributed by atoms with Gasteiger partial charge in [-0.25, -0.2) is 13.8 Å². The summed E-state index contributed by atoms with van der Waals surface area (Å²) < 4.78 is 24.2. The van der Waals surface area contributed by atoms with Gasteiger partial charge in [-0.05, 0) is 6.07 Å². The first-order valence-electron chi connectivity index (χ1n) is 3.02. The topological polar surface area (TPSA) is 64.9 Å². The summed E-state index contributed by atoms with van der Waals surface area (Å²) in [6.07, 6.45) is -2.69. The minimum atomic E-state index is -2.69.